The standard InChI is InChI=1S/C19H21NO4/c1-13(14-6-4-3-5-7-14)17(19(22)23)12-18(21)20-15-8-10-16(24-2)11-9-15/h3-11,13,17H,12H2,1-2H3,(H,20,21)(H,22,23)/t13-,17-/m1/s1. The number of carboxylic acids is 1. The fraction of sp³-hybridized carbons (Fsp3) is 0.263. The highest BCUT2D eigenvalue weighted by atomic mass is 16.5. The number of ether oxygens (including phenoxy) is 1. The quantitative estimate of drug-likeness (QED) is 0.816. The fourth-order valence-electron chi connectivity index (χ4n) is 2.55. The van der Waals surface area contributed by atoms with Gasteiger partial charge in [-0.05, 0) is 35.7 Å². The van der Waals surface area contributed by atoms with E-state index in [2.05, 4.69) is 5.32 Å². The third kappa shape index (κ3) is 4.59. The molecule has 5 heteroatoms. The van der Waals surface area contributed by atoms with E-state index in [-0.39, 0.29) is 18.2 Å². The smallest absolute Gasteiger partial charge is 0.307 e. The number of methoxy groups -OCH3 is 1. The maximum Gasteiger partial charge on any atom is 0.307 e. The molecular formula is C19H21NO4. The molecule has 2 aromatic rings. The van der Waals surface area contributed by atoms with Crippen LogP contribution in [0.1, 0.15) is 24.8 Å². The molecule has 2 N–H and O–H groups in total. The molecule has 0 aromatic heterocycles. The normalized spacial score (nSPS) is 12.9. The summed E-state index contributed by atoms with van der Waals surface area (Å²) in [5.41, 5.74) is 1.51. The molecule has 0 fully saturated rings. The van der Waals surface area contributed by atoms with Gasteiger partial charge in [0.15, 0.2) is 0 Å². The van der Waals surface area contributed by atoms with Crippen molar-refractivity contribution in [2.75, 3.05) is 12.4 Å². The predicted octanol–water partition coefficient (Wildman–Crippen LogP) is 3.53. The second-order valence-electron chi connectivity index (χ2n) is 5.62. The van der Waals surface area contributed by atoms with Gasteiger partial charge in [0, 0.05) is 12.1 Å². The van der Waals surface area contributed by atoms with Crippen molar-refractivity contribution in [3.8, 4) is 5.75 Å². The van der Waals surface area contributed by atoms with Crippen LogP contribution >= 0.6 is 0 Å². The summed E-state index contributed by atoms with van der Waals surface area (Å²) in [6.07, 6.45) is -0.0859. The number of carboxylic acid groups (broad SMARTS) is 1. The Kier molecular flexibility index (Phi) is 5.95. The van der Waals surface area contributed by atoms with Crippen molar-refractivity contribution in [3.63, 3.8) is 0 Å². The molecule has 0 radical (unpaired) electrons. The summed E-state index contributed by atoms with van der Waals surface area (Å²) >= 11 is 0. The third-order valence-electron chi connectivity index (χ3n) is 4.03. The highest BCUT2D eigenvalue weighted by molar-refractivity contribution is 5.93. The van der Waals surface area contributed by atoms with E-state index in [1.165, 1.54) is 0 Å². The average Bonchev–Trinajstić information content (AvgIpc) is 2.60. The molecule has 0 aliphatic rings. The number of hydrogen-bond acceptors (Lipinski definition) is 3. The Hall–Kier alpha value is -2.82. The zero-order valence-electron chi connectivity index (χ0n) is 13.7. The Morgan fingerprint density at radius 3 is 2.25 bits per heavy atom. The molecule has 0 unspecified atom stereocenters. The topological polar surface area (TPSA) is 75.6 Å². The van der Waals surface area contributed by atoms with E-state index >= 15 is 0 Å². The van der Waals surface area contributed by atoms with Gasteiger partial charge < -0.3 is 15.2 Å². The van der Waals surface area contributed by atoms with Gasteiger partial charge in [-0.2, -0.15) is 0 Å². The molecule has 0 aliphatic heterocycles. The lowest BCUT2D eigenvalue weighted by Crippen LogP contribution is -2.26. The first-order valence-electron chi connectivity index (χ1n) is 7.73. The first-order valence-corrected chi connectivity index (χ1v) is 7.73. The molecule has 2 aromatic carbocycles. The lowest BCUT2D eigenvalue weighted by Gasteiger charge is -2.20. The Balaban J connectivity index is 2.04. The molecule has 2 atom stereocenters. The Bertz CT molecular complexity index is 682. The fourth-order valence-corrected chi connectivity index (χ4v) is 2.55. The number of hydrogen-bond donors (Lipinski definition) is 2. The van der Waals surface area contributed by atoms with Crippen LogP contribution in [0.15, 0.2) is 54.6 Å². The van der Waals surface area contributed by atoms with E-state index in [4.69, 9.17) is 4.74 Å². The second-order valence-corrected chi connectivity index (χ2v) is 5.62. The lowest BCUT2D eigenvalue weighted by molar-refractivity contribution is -0.144. The number of amides is 1. The van der Waals surface area contributed by atoms with Gasteiger partial charge in [-0.1, -0.05) is 37.3 Å². The van der Waals surface area contributed by atoms with E-state index in [9.17, 15) is 14.7 Å². The molecule has 0 bridgehead atoms. The van der Waals surface area contributed by atoms with Crippen LogP contribution in [0, 0.1) is 5.92 Å². The van der Waals surface area contributed by atoms with Gasteiger partial charge in [-0.15, -0.1) is 0 Å². The van der Waals surface area contributed by atoms with Gasteiger partial charge in [0.1, 0.15) is 5.75 Å². The molecule has 1 amide bonds. The van der Waals surface area contributed by atoms with Crippen molar-refractivity contribution in [2.45, 2.75) is 19.3 Å². The molecule has 0 saturated heterocycles. The minimum absolute atomic E-state index is 0.0859. The zero-order chi connectivity index (χ0) is 17.5. The maximum atomic E-state index is 12.2. The summed E-state index contributed by atoms with van der Waals surface area (Å²) in [4.78, 5) is 23.8. The summed E-state index contributed by atoms with van der Waals surface area (Å²) in [7, 11) is 1.57. The van der Waals surface area contributed by atoms with E-state index in [0.29, 0.717) is 11.4 Å². The van der Waals surface area contributed by atoms with Crippen LogP contribution in [-0.2, 0) is 9.59 Å². The van der Waals surface area contributed by atoms with Crippen molar-refractivity contribution in [1.29, 1.82) is 0 Å². The maximum absolute atomic E-state index is 12.2. The largest absolute Gasteiger partial charge is 0.497 e. The first kappa shape index (κ1) is 17.5. The van der Waals surface area contributed by atoms with E-state index < -0.39 is 11.9 Å². The monoisotopic (exact) mass is 327 g/mol. The SMILES string of the molecule is COc1ccc(NC(=O)C[C@@H](C(=O)O)[C@H](C)c2ccccc2)cc1. The molecule has 2 rings (SSSR count). The molecular weight excluding hydrogens is 306 g/mol. The highest BCUT2D eigenvalue weighted by Gasteiger charge is 2.28. The van der Waals surface area contributed by atoms with Crippen LogP contribution in [0.2, 0.25) is 0 Å². The lowest BCUT2D eigenvalue weighted by atomic mass is 9.85. The molecule has 0 spiro atoms. The van der Waals surface area contributed by atoms with Crippen LogP contribution in [0.4, 0.5) is 5.69 Å². The highest BCUT2D eigenvalue weighted by Crippen LogP contribution is 2.27. The van der Waals surface area contributed by atoms with Crippen molar-refractivity contribution >= 4 is 17.6 Å². The predicted molar refractivity (Wildman–Crippen MR) is 92.2 cm³/mol. The molecule has 126 valence electrons. The number of aliphatic carboxylic acids is 1. The number of anilines is 1. The molecule has 0 saturated carbocycles. The number of nitrogens with one attached hydrogen (secondary N) is 1. The van der Waals surface area contributed by atoms with Crippen LogP contribution < -0.4 is 10.1 Å². The van der Waals surface area contributed by atoms with Gasteiger partial charge in [0.05, 0.1) is 13.0 Å². The molecule has 0 heterocycles. The summed E-state index contributed by atoms with van der Waals surface area (Å²) in [5, 5.41) is 12.2. The van der Waals surface area contributed by atoms with Crippen LogP contribution in [-0.4, -0.2) is 24.1 Å². The Morgan fingerprint density at radius 1 is 1.08 bits per heavy atom. The second kappa shape index (κ2) is 8.15. The average molecular weight is 327 g/mol. The van der Waals surface area contributed by atoms with E-state index in [1.54, 1.807) is 31.4 Å². The van der Waals surface area contributed by atoms with Crippen molar-refractivity contribution in [2.24, 2.45) is 5.92 Å². The van der Waals surface area contributed by atoms with E-state index in [1.807, 2.05) is 37.3 Å². The molecule has 0 aliphatic carbocycles. The Labute approximate surface area is 141 Å². The summed E-state index contributed by atoms with van der Waals surface area (Å²) < 4.78 is 5.06. The molecule has 5 nitrogen and oxygen atoms in total. The Morgan fingerprint density at radius 2 is 1.71 bits per heavy atom. The van der Waals surface area contributed by atoms with Crippen LogP contribution in [0.5, 0.6) is 5.75 Å². The van der Waals surface area contributed by atoms with Crippen LogP contribution in [0.25, 0.3) is 0 Å². The summed E-state index contributed by atoms with van der Waals surface area (Å²) in [5.74, 6) is -1.66. The van der Waals surface area contributed by atoms with Gasteiger partial charge in [0.2, 0.25) is 5.91 Å². The summed E-state index contributed by atoms with van der Waals surface area (Å²) in [6, 6.07) is 16.3. The van der Waals surface area contributed by atoms with Crippen molar-refractivity contribution < 1.29 is 19.4 Å². The minimum atomic E-state index is -0.976. The third-order valence-corrected chi connectivity index (χ3v) is 4.03. The van der Waals surface area contributed by atoms with Crippen LogP contribution in [0.3, 0.4) is 0 Å². The number of carbonyl (C=O) groups excluding carboxylic acids is 1. The summed E-state index contributed by atoms with van der Waals surface area (Å²) in [6.45, 7) is 1.83. The van der Waals surface area contributed by atoms with Crippen molar-refractivity contribution in [3.05, 3.63) is 60.2 Å². The van der Waals surface area contributed by atoms with Gasteiger partial charge in [0.25, 0.3) is 0 Å². The van der Waals surface area contributed by atoms with Gasteiger partial charge in [-0.25, -0.2) is 0 Å². The first-order chi connectivity index (χ1) is 11.5. The number of rotatable bonds is 7. The van der Waals surface area contributed by atoms with Crippen molar-refractivity contribution in [1.82, 2.24) is 0 Å². The number of carbonyl (C=O) groups is 2. The zero-order valence-corrected chi connectivity index (χ0v) is 13.7. The van der Waals surface area contributed by atoms with Gasteiger partial charge in [-0.3, -0.25) is 9.59 Å². The van der Waals surface area contributed by atoms with E-state index in [0.717, 1.165) is 5.56 Å². The molecule has 24 heavy (non-hydrogen) atoms. The minimum Gasteiger partial charge on any atom is -0.497 e. The van der Waals surface area contributed by atoms with Gasteiger partial charge >= 0.3 is 5.97 Å². The number of benzene rings is 2.